The molecule has 0 saturated carbocycles. The number of anilines is 1. The number of hydrogen-bond donors (Lipinski definition) is 4. The molecule has 10 nitrogen and oxygen atoms in total. The molecule has 6 N–H and O–H groups in total. The van der Waals surface area contributed by atoms with Crippen LogP contribution in [0.15, 0.2) is 35.4 Å². The molecular weight excluding hydrogens is 324 g/mol. The number of nitrogen functional groups attached to an aromatic ring is 1. The molecule has 1 aromatic heterocycles. The molecule has 11 heteroatoms. The first kappa shape index (κ1) is 16.5. The molecule has 0 fully saturated rings. The van der Waals surface area contributed by atoms with Crippen LogP contribution >= 0.6 is 0 Å². The van der Waals surface area contributed by atoms with Gasteiger partial charge in [-0.2, -0.15) is 5.10 Å². The van der Waals surface area contributed by atoms with Crippen molar-refractivity contribution in [2.75, 3.05) is 5.73 Å². The van der Waals surface area contributed by atoms with Crippen molar-refractivity contribution in [3.05, 3.63) is 36.0 Å². The van der Waals surface area contributed by atoms with E-state index in [0.29, 0.717) is 5.69 Å². The fourth-order valence-corrected chi connectivity index (χ4v) is 2.24. The van der Waals surface area contributed by atoms with Crippen molar-refractivity contribution in [2.45, 2.75) is 11.8 Å². The number of amides is 2. The summed E-state index contributed by atoms with van der Waals surface area (Å²) in [6, 6.07) is 5.48. The molecule has 122 valence electrons. The third-order valence-electron chi connectivity index (χ3n) is 2.81. The molecule has 0 radical (unpaired) electrons. The lowest BCUT2D eigenvalue weighted by molar-refractivity contribution is -0.119. The predicted octanol–water partition coefficient (Wildman–Crippen LogP) is -1.12. The van der Waals surface area contributed by atoms with Crippen LogP contribution in [0, 0.1) is 0 Å². The summed E-state index contributed by atoms with van der Waals surface area (Å²) in [6.07, 6.45) is 1.22. The minimum atomic E-state index is -3.80. The highest BCUT2D eigenvalue weighted by Gasteiger charge is 2.16. The standard InChI is InChI=1S/C12H14N6O4S/c1-7(19)16-17-12(20)10-6-15-18(11(10)13)8-2-4-9(5-3-8)23(14,21)22/h2-6H,13H2,1H3,(H,16,19)(H,17,20)(H2,14,21,22). The third kappa shape index (κ3) is 3.64. The number of carbonyl (C=O) groups is 2. The largest absolute Gasteiger partial charge is 0.383 e. The second kappa shape index (κ2) is 6.06. The van der Waals surface area contributed by atoms with Gasteiger partial charge < -0.3 is 5.73 Å². The maximum absolute atomic E-state index is 11.8. The number of hydrogen-bond acceptors (Lipinski definition) is 6. The highest BCUT2D eigenvalue weighted by molar-refractivity contribution is 7.89. The van der Waals surface area contributed by atoms with Crippen LogP contribution in [0.5, 0.6) is 0 Å². The number of benzene rings is 1. The number of nitrogens with two attached hydrogens (primary N) is 2. The number of rotatable bonds is 3. The molecule has 0 aliphatic carbocycles. The molecule has 0 aliphatic rings. The van der Waals surface area contributed by atoms with Crippen LogP contribution in [0.4, 0.5) is 5.82 Å². The van der Waals surface area contributed by atoms with Gasteiger partial charge in [0, 0.05) is 6.92 Å². The van der Waals surface area contributed by atoms with E-state index < -0.39 is 21.8 Å². The van der Waals surface area contributed by atoms with Gasteiger partial charge in [0.25, 0.3) is 5.91 Å². The molecule has 0 saturated heterocycles. The zero-order valence-electron chi connectivity index (χ0n) is 12.0. The smallest absolute Gasteiger partial charge is 0.275 e. The Morgan fingerprint density at radius 2 is 1.78 bits per heavy atom. The molecule has 0 atom stereocenters. The van der Waals surface area contributed by atoms with E-state index in [9.17, 15) is 18.0 Å². The Hall–Kier alpha value is -2.92. The molecule has 2 amide bonds. The Morgan fingerprint density at radius 1 is 1.17 bits per heavy atom. The van der Waals surface area contributed by atoms with Crippen LogP contribution in [-0.2, 0) is 14.8 Å². The summed E-state index contributed by atoms with van der Waals surface area (Å²) in [7, 11) is -3.80. The number of nitrogens with zero attached hydrogens (tertiary/aromatic N) is 2. The summed E-state index contributed by atoms with van der Waals surface area (Å²) in [5.41, 5.74) is 10.6. The summed E-state index contributed by atoms with van der Waals surface area (Å²) in [4.78, 5) is 22.6. The van der Waals surface area contributed by atoms with Gasteiger partial charge in [-0.1, -0.05) is 0 Å². The first-order chi connectivity index (χ1) is 10.7. The van der Waals surface area contributed by atoms with E-state index in [1.165, 1.54) is 42.1 Å². The molecule has 0 spiro atoms. The highest BCUT2D eigenvalue weighted by Crippen LogP contribution is 2.18. The zero-order chi connectivity index (χ0) is 17.2. The second-order valence-corrected chi connectivity index (χ2v) is 6.09. The van der Waals surface area contributed by atoms with Gasteiger partial charge in [-0.3, -0.25) is 20.4 Å². The number of carbonyl (C=O) groups excluding carboxylic acids is 2. The maximum Gasteiger partial charge on any atom is 0.275 e. The third-order valence-corrected chi connectivity index (χ3v) is 3.74. The average Bonchev–Trinajstić information content (AvgIpc) is 2.86. The number of nitrogens with one attached hydrogen (secondary N) is 2. The topological polar surface area (TPSA) is 162 Å². The van der Waals surface area contributed by atoms with Crippen LogP contribution in [0.1, 0.15) is 17.3 Å². The Morgan fingerprint density at radius 3 is 2.30 bits per heavy atom. The summed E-state index contributed by atoms with van der Waals surface area (Å²) in [5.74, 6) is -1.05. The molecule has 23 heavy (non-hydrogen) atoms. The van der Waals surface area contributed by atoms with E-state index in [0.717, 1.165) is 0 Å². The van der Waals surface area contributed by atoms with Gasteiger partial charge >= 0.3 is 0 Å². The SMILES string of the molecule is CC(=O)NNC(=O)c1cnn(-c2ccc(S(N)(=O)=O)cc2)c1N. The fourth-order valence-electron chi connectivity index (χ4n) is 1.73. The van der Waals surface area contributed by atoms with Crippen LogP contribution in [0.3, 0.4) is 0 Å². The van der Waals surface area contributed by atoms with E-state index >= 15 is 0 Å². The van der Waals surface area contributed by atoms with E-state index in [1.54, 1.807) is 0 Å². The van der Waals surface area contributed by atoms with Crippen molar-refractivity contribution in [3.8, 4) is 5.69 Å². The van der Waals surface area contributed by atoms with Crippen LogP contribution in [-0.4, -0.2) is 30.0 Å². The predicted molar refractivity (Wildman–Crippen MR) is 80.6 cm³/mol. The van der Waals surface area contributed by atoms with Gasteiger partial charge in [0.2, 0.25) is 15.9 Å². The van der Waals surface area contributed by atoms with Gasteiger partial charge in [-0.25, -0.2) is 18.2 Å². The number of aromatic nitrogens is 2. The van der Waals surface area contributed by atoms with Gasteiger partial charge in [0.15, 0.2) is 0 Å². The molecule has 2 rings (SSSR count). The van der Waals surface area contributed by atoms with E-state index in [2.05, 4.69) is 16.0 Å². The van der Waals surface area contributed by atoms with Gasteiger partial charge in [0.05, 0.1) is 16.8 Å². The fraction of sp³-hybridized carbons (Fsp3) is 0.0833. The van der Waals surface area contributed by atoms with Crippen molar-refractivity contribution < 1.29 is 18.0 Å². The van der Waals surface area contributed by atoms with Crippen LogP contribution in [0.25, 0.3) is 5.69 Å². The van der Waals surface area contributed by atoms with Crippen LogP contribution < -0.4 is 21.7 Å². The minimum absolute atomic E-state index is 0.0243. The Balaban J connectivity index is 2.28. The molecule has 0 aliphatic heterocycles. The lowest BCUT2D eigenvalue weighted by Crippen LogP contribution is -2.40. The normalized spacial score (nSPS) is 11.0. The number of primary sulfonamides is 1. The molecule has 0 bridgehead atoms. The molecule has 2 aromatic rings. The Labute approximate surface area is 131 Å². The van der Waals surface area contributed by atoms with Gasteiger partial charge in [-0.15, -0.1) is 0 Å². The lowest BCUT2D eigenvalue weighted by atomic mass is 10.3. The van der Waals surface area contributed by atoms with Crippen molar-refractivity contribution in [1.82, 2.24) is 20.6 Å². The van der Waals surface area contributed by atoms with Crippen LogP contribution in [0.2, 0.25) is 0 Å². The first-order valence-electron chi connectivity index (χ1n) is 6.24. The van der Waals surface area contributed by atoms with Crippen molar-refractivity contribution in [1.29, 1.82) is 0 Å². The van der Waals surface area contributed by atoms with E-state index in [-0.39, 0.29) is 16.3 Å². The maximum atomic E-state index is 11.8. The highest BCUT2D eigenvalue weighted by atomic mass is 32.2. The van der Waals surface area contributed by atoms with Gasteiger partial charge in [-0.05, 0) is 24.3 Å². The lowest BCUT2D eigenvalue weighted by Gasteiger charge is -2.07. The number of sulfonamides is 1. The Kier molecular flexibility index (Phi) is 4.33. The quantitative estimate of drug-likeness (QED) is 0.518. The summed E-state index contributed by atoms with van der Waals surface area (Å²) in [6.45, 7) is 1.24. The van der Waals surface area contributed by atoms with Crippen molar-refractivity contribution in [3.63, 3.8) is 0 Å². The first-order valence-corrected chi connectivity index (χ1v) is 7.78. The summed E-state index contributed by atoms with van der Waals surface area (Å²) >= 11 is 0. The minimum Gasteiger partial charge on any atom is -0.383 e. The van der Waals surface area contributed by atoms with Crippen molar-refractivity contribution >= 4 is 27.7 Å². The summed E-state index contributed by atoms with van der Waals surface area (Å²) in [5, 5.41) is 8.98. The zero-order valence-corrected chi connectivity index (χ0v) is 12.8. The Bertz CT molecular complexity index is 856. The number of hydrazine groups is 1. The second-order valence-electron chi connectivity index (χ2n) is 4.53. The summed E-state index contributed by atoms with van der Waals surface area (Å²) < 4.78 is 23.7. The average molecular weight is 338 g/mol. The molecule has 0 unspecified atom stereocenters. The van der Waals surface area contributed by atoms with E-state index in [1.807, 2.05) is 0 Å². The van der Waals surface area contributed by atoms with E-state index in [4.69, 9.17) is 10.9 Å². The molecular formula is C12H14N6O4S. The monoisotopic (exact) mass is 338 g/mol. The van der Waals surface area contributed by atoms with Gasteiger partial charge in [0.1, 0.15) is 11.4 Å². The molecule has 1 aromatic carbocycles. The van der Waals surface area contributed by atoms with Crippen molar-refractivity contribution in [2.24, 2.45) is 5.14 Å². The molecule has 1 heterocycles.